The second-order valence-corrected chi connectivity index (χ2v) is 6.22. The quantitative estimate of drug-likeness (QED) is 0.581. The second-order valence-electron chi connectivity index (χ2n) is 5.81. The van der Waals surface area contributed by atoms with E-state index in [-0.39, 0.29) is 0 Å². The third-order valence-corrected chi connectivity index (χ3v) is 4.28. The fourth-order valence-corrected chi connectivity index (χ4v) is 3.00. The number of nitrogens with two attached hydrogens (primary N) is 1. The molecule has 0 saturated carbocycles. The normalized spacial score (nSPS) is 13.2. The molecule has 0 radical (unpaired) electrons. The summed E-state index contributed by atoms with van der Waals surface area (Å²) in [7, 11) is 3.17. The molecule has 0 fully saturated rings. The first-order chi connectivity index (χ1) is 13.1. The summed E-state index contributed by atoms with van der Waals surface area (Å²) >= 11 is 6.25. The topological polar surface area (TPSA) is 87.3 Å². The molecule has 1 aliphatic heterocycles. The summed E-state index contributed by atoms with van der Waals surface area (Å²) in [6, 6.07) is 9.22. The number of rotatable bonds is 6. The van der Waals surface area contributed by atoms with Crippen LogP contribution in [-0.2, 0) is 6.42 Å². The maximum atomic E-state index is 6.25. The van der Waals surface area contributed by atoms with Crippen molar-refractivity contribution in [3.05, 3.63) is 40.9 Å². The number of benzene rings is 2. The predicted molar refractivity (Wildman–Crippen MR) is 106 cm³/mol. The standard InChI is InChI=1S/C19H22ClN3O4/c1-24-15-4-3-13(11-16(15)25-2)23-19(21)22-6-5-12-9-14(20)18-17(10-12)26-7-8-27-18/h3-4,9-11H,5-8H2,1-2H3,(H3,21,22,23). The highest BCUT2D eigenvalue weighted by atomic mass is 35.5. The molecule has 8 heteroatoms. The van der Waals surface area contributed by atoms with Gasteiger partial charge in [0.1, 0.15) is 13.2 Å². The van der Waals surface area contributed by atoms with Crippen molar-refractivity contribution in [3.63, 3.8) is 0 Å². The summed E-state index contributed by atoms with van der Waals surface area (Å²) in [5.74, 6) is 2.84. The Labute approximate surface area is 163 Å². The molecular weight excluding hydrogens is 370 g/mol. The van der Waals surface area contributed by atoms with Crippen LogP contribution in [0.25, 0.3) is 0 Å². The molecular formula is C19H22ClN3O4. The van der Waals surface area contributed by atoms with E-state index in [1.54, 1.807) is 26.4 Å². The highest BCUT2D eigenvalue weighted by Crippen LogP contribution is 2.38. The Kier molecular flexibility index (Phi) is 6.13. The van der Waals surface area contributed by atoms with E-state index in [2.05, 4.69) is 10.3 Å². The third-order valence-electron chi connectivity index (χ3n) is 4.00. The smallest absolute Gasteiger partial charge is 0.193 e. The van der Waals surface area contributed by atoms with Gasteiger partial charge >= 0.3 is 0 Å². The van der Waals surface area contributed by atoms with E-state index in [9.17, 15) is 0 Å². The first kappa shape index (κ1) is 19.0. The van der Waals surface area contributed by atoms with Crippen LogP contribution >= 0.6 is 11.6 Å². The molecule has 3 rings (SSSR count). The van der Waals surface area contributed by atoms with Gasteiger partial charge in [0.05, 0.1) is 19.2 Å². The van der Waals surface area contributed by atoms with Gasteiger partial charge in [-0.05, 0) is 36.2 Å². The first-order valence-corrected chi connectivity index (χ1v) is 8.85. The number of ether oxygens (including phenoxy) is 4. The molecule has 2 aromatic carbocycles. The summed E-state index contributed by atoms with van der Waals surface area (Å²) in [5.41, 5.74) is 7.74. The van der Waals surface area contributed by atoms with Gasteiger partial charge in [-0.2, -0.15) is 0 Å². The first-order valence-electron chi connectivity index (χ1n) is 8.47. The van der Waals surface area contributed by atoms with E-state index < -0.39 is 0 Å². The molecule has 7 nitrogen and oxygen atoms in total. The summed E-state index contributed by atoms with van der Waals surface area (Å²) < 4.78 is 21.6. The number of nitrogens with zero attached hydrogens (tertiary/aromatic N) is 1. The largest absolute Gasteiger partial charge is 0.493 e. The van der Waals surface area contributed by atoms with Gasteiger partial charge in [-0.3, -0.25) is 4.99 Å². The van der Waals surface area contributed by atoms with E-state index in [4.69, 9.17) is 36.3 Å². The van der Waals surface area contributed by atoms with E-state index in [0.717, 1.165) is 11.3 Å². The molecule has 0 atom stereocenters. The van der Waals surface area contributed by atoms with E-state index in [1.807, 2.05) is 18.2 Å². The molecule has 0 spiro atoms. The van der Waals surface area contributed by atoms with Crippen molar-refractivity contribution >= 4 is 23.2 Å². The Bertz CT molecular complexity index is 842. The summed E-state index contributed by atoms with van der Waals surface area (Å²) in [4.78, 5) is 4.35. The summed E-state index contributed by atoms with van der Waals surface area (Å²) in [6.45, 7) is 1.53. The fraction of sp³-hybridized carbons (Fsp3) is 0.316. The van der Waals surface area contributed by atoms with Crippen LogP contribution in [0.1, 0.15) is 5.56 Å². The zero-order valence-electron chi connectivity index (χ0n) is 15.3. The van der Waals surface area contributed by atoms with Crippen LogP contribution in [0.3, 0.4) is 0 Å². The Balaban J connectivity index is 1.61. The van der Waals surface area contributed by atoms with Gasteiger partial charge in [-0.1, -0.05) is 11.6 Å². The predicted octanol–water partition coefficient (Wildman–Crippen LogP) is 3.10. The average molecular weight is 392 g/mol. The van der Waals surface area contributed by atoms with Gasteiger partial charge in [0.15, 0.2) is 29.0 Å². The molecule has 0 aliphatic carbocycles. The minimum Gasteiger partial charge on any atom is -0.493 e. The van der Waals surface area contributed by atoms with Crippen LogP contribution in [-0.4, -0.2) is 39.9 Å². The van der Waals surface area contributed by atoms with Crippen molar-refractivity contribution in [2.24, 2.45) is 10.7 Å². The number of aliphatic imine (C=N–C) groups is 1. The van der Waals surface area contributed by atoms with Crippen LogP contribution in [0.5, 0.6) is 23.0 Å². The number of fused-ring (bicyclic) bond motifs is 1. The molecule has 0 unspecified atom stereocenters. The summed E-state index contributed by atoms with van der Waals surface area (Å²) in [6.07, 6.45) is 0.671. The number of methoxy groups -OCH3 is 2. The van der Waals surface area contributed by atoms with Crippen molar-refractivity contribution in [2.75, 3.05) is 39.3 Å². The third kappa shape index (κ3) is 4.68. The lowest BCUT2D eigenvalue weighted by atomic mass is 10.1. The van der Waals surface area contributed by atoms with Gasteiger partial charge in [-0.15, -0.1) is 0 Å². The Morgan fingerprint density at radius 2 is 1.93 bits per heavy atom. The van der Waals surface area contributed by atoms with Gasteiger partial charge in [0.2, 0.25) is 0 Å². The highest BCUT2D eigenvalue weighted by molar-refractivity contribution is 6.32. The van der Waals surface area contributed by atoms with E-state index in [1.165, 1.54) is 0 Å². The molecule has 0 saturated heterocycles. The summed E-state index contributed by atoms with van der Waals surface area (Å²) in [5, 5.41) is 3.58. The van der Waals surface area contributed by atoms with Gasteiger partial charge in [0, 0.05) is 18.3 Å². The Morgan fingerprint density at radius 3 is 2.70 bits per heavy atom. The molecule has 144 valence electrons. The molecule has 0 bridgehead atoms. The minimum atomic E-state index is 0.311. The number of halogens is 1. The molecule has 3 N–H and O–H groups in total. The zero-order valence-corrected chi connectivity index (χ0v) is 16.0. The lowest BCUT2D eigenvalue weighted by molar-refractivity contribution is 0.171. The molecule has 0 amide bonds. The lowest BCUT2D eigenvalue weighted by Gasteiger charge is -2.20. The molecule has 2 aromatic rings. The number of hydrogen-bond acceptors (Lipinski definition) is 5. The molecule has 27 heavy (non-hydrogen) atoms. The van der Waals surface area contributed by atoms with Crippen LogP contribution in [0.15, 0.2) is 35.3 Å². The lowest BCUT2D eigenvalue weighted by Crippen LogP contribution is -2.23. The van der Waals surface area contributed by atoms with Crippen molar-refractivity contribution in [1.29, 1.82) is 0 Å². The minimum absolute atomic E-state index is 0.311. The van der Waals surface area contributed by atoms with Crippen molar-refractivity contribution in [2.45, 2.75) is 6.42 Å². The number of nitrogens with one attached hydrogen (secondary N) is 1. The average Bonchev–Trinajstić information content (AvgIpc) is 2.68. The molecule has 1 aliphatic rings. The van der Waals surface area contributed by atoms with Crippen molar-refractivity contribution in [3.8, 4) is 23.0 Å². The maximum absolute atomic E-state index is 6.25. The van der Waals surface area contributed by atoms with Crippen molar-refractivity contribution < 1.29 is 18.9 Å². The zero-order chi connectivity index (χ0) is 19.2. The number of hydrogen-bond donors (Lipinski definition) is 2. The molecule has 0 aromatic heterocycles. The Hall–Kier alpha value is -2.80. The SMILES string of the molecule is COc1ccc(NC(N)=NCCc2cc(Cl)c3c(c2)OCCO3)cc1OC. The number of anilines is 1. The van der Waals surface area contributed by atoms with Crippen LogP contribution in [0.2, 0.25) is 5.02 Å². The van der Waals surface area contributed by atoms with E-state index in [0.29, 0.717) is 60.2 Å². The highest BCUT2D eigenvalue weighted by Gasteiger charge is 2.16. The van der Waals surface area contributed by atoms with Crippen molar-refractivity contribution in [1.82, 2.24) is 0 Å². The van der Waals surface area contributed by atoms with Crippen LogP contribution in [0.4, 0.5) is 5.69 Å². The molecule has 1 heterocycles. The van der Waals surface area contributed by atoms with Crippen LogP contribution < -0.4 is 30.0 Å². The second kappa shape index (κ2) is 8.73. The fourth-order valence-electron chi connectivity index (χ4n) is 2.72. The van der Waals surface area contributed by atoms with Gasteiger partial charge in [-0.25, -0.2) is 0 Å². The Morgan fingerprint density at radius 1 is 1.15 bits per heavy atom. The van der Waals surface area contributed by atoms with Gasteiger partial charge in [0.25, 0.3) is 0 Å². The maximum Gasteiger partial charge on any atom is 0.193 e. The number of guanidine groups is 1. The van der Waals surface area contributed by atoms with Crippen LogP contribution in [0, 0.1) is 0 Å². The van der Waals surface area contributed by atoms with E-state index >= 15 is 0 Å². The monoisotopic (exact) mass is 391 g/mol. The van der Waals surface area contributed by atoms with Gasteiger partial charge < -0.3 is 30.0 Å².